The average Bonchev–Trinajstić information content (AvgIpc) is 2.69. The summed E-state index contributed by atoms with van der Waals surface area (Å²) in [5, 5.41) is 9.05. The highest BCUT2D eigenvalue weighted by Gasteiger charge is 2.35. The molecule has 2 aliphatic rings. The fraction of sp³-hybridized carbons (Fsp3) is 0.550. The van der Waals surface area contributed by atoms with Gasteiger partial charge in [0, 0.05) is 24.9 Å². The Balaban J connectivity index is 1.54. The van der Waals surface area contributed by atoms with Gasteiger partial charge in [-0.05, 0) is 56.7 Å². The summed E-state index contributed by atoms with van der Waals surface area (Å²) < 4.78 is 27.1. The molecule has 5 nitrogen and oxygen atoms in total. The van der Waals surface area contributed by atoms with Crippen molar-refractivity contribution in [2.45, 2.75) is 38.5 Å². The third kappa shape index (κ3) is 4.34. The van der Waals surface area contributed by atoms with Crippen LogP contribution >= 0.6 is 0 Å². The van der Waals surface area contributed by atoms with Gasteiger partial charge < -0.3 is 10.0 Å². The maximum Gasteiger partial charge on any atom is 0.306 e. The Morgan fingerprint density at radius 3 is 2.07 bits per heavy atom. The van der Waals surface area contributed by atoms with Crippen LogP contribution in [0.5, 0.6) is 0 Å². The standard InChI is InChI=1S/C20H23F2NO4/c21-15-5-6-17(22)16(11-15)18(24)12-7-9-23(10-8-12)19(25)13-1-3-14(4-2-13)20(26)27/h5-6,11-14H,1-4,7-10H2,(H,26,27). The number of halogens is 2. The van der Waals surface area contributed by atoms with Crippen LogP contribution in [-0.4, -0.2) is 40.8 Å². The number of ketones is 1. The smallest absolute Gasteiger partial charge is 0.306 e. The number of carboxylic acid groups (broad SMARTS) is 1. The fourth-order valence-corrected chi connectivity index (χ4v) is 4.11. The minimum Gasteiger partial charge on any atom is -0.481 e. The van der Waals surface area contributed by atoms with Gasteiger partial charge in [-0.3, -0.25) is 14.4 Å². The van der Waals surface area contributed by atoms with E-state index in [0.29, 0.717) is 51.6 Å². The molecule has 2 fully saturated rings. The molecule has 1 aliphatic carbocycles. The van der Waals surface area contributed by atoms with Gasteiger partial charge in [0.25, 0.3) is 0 Å². The van der Waals surface area contributed by atoms with E-state index < -0.39 is 29.3 Å². The molecule has 0 atom stereocenters. The molecule has 3 rings (SSSR count). The maximum atomic E-state index is 13.8. The van der Waals surface area contributed by atoms with E-state index in [2.05, 4.69) is 0 Å². The summed E-state index contributed by atoms with van der Waals surface area (Å²) in [6.45, 7) is 0.816. The van der Waals surface area contributed by atoms with Gasteiger partial charge in [0.15, 0.2) is 5.78 Å². The largest absolute Gasteiger partial charge is 0.481 e. The molecule has 1 N–H and O–H groups in total. The van der Waals surface area contributed by atoms with Gasteiger partial charge in [0.1, 0.15) is 11.6 Å². The number of hydrogen-bond donors (Lipinski definition) is 1. The lowest BCUT2D eigenvalue weighted by atomic mass is 9.81. The normalized spacial score (nSPS) is 23.9. The molecule has 146 valence electrons. The number of amides is 1. The summed E-state index contributed by atoms with van der Waals surface area (Å²) >= 11 is 0. The average molecular weight is 379 g/mol. The molecule has 0 bridgehead atoms. The van der Waals surface area contributed by atoms with Gasteiger partial charge in [-0.1, -0.05) is 0 Å². The molecule has 1 aromatic rings. The highest BCUT2D eigenvalue weighted by molar-refractivity contribution is 5.98. The zero-order valence-corrected chi connectivity index (χ0v) is 15.0. The molecule has 1 aromatic carbocycles. The molecular weight excluding hydrogens is 356 g/mol. The second kappa shape index (κ2) is 8.15. The Morgan fingerprint density at radius 1 is 0.889 bits per heavy atom. The van der Waals surface area contributed by atoms with Crippen LogP contribution in [0.1, 0.15) is 48.9 Å². The second-order valence-corrected chi connectivity index (χ2v) is 7.47. The number of benzene rings is 1. The summed E-state index contributed by atoms with van der Waals surface area (Å²) in [5.74, 6) is -3.52. The number of rotatable bonds is 4. The SMILES string of the molecule is O=C(O)C1CCC(C(=O)N2CCC(C(=O)c3cc(F)ccc3F)CC2)CC1. The quantitative estimate of drug-likeness (QED) is 0.815. The second-order valence-electron chi connectivity index (χ2n) is 7.47. The van der Waals surface area contributed by atoms with Crippen molar-refractivity contribution in [2.75, 3.05) is 13.1 Å². The Bertz CT molecular complexity index is 735. The number of likely N-dealkylation sites (tertiary alicyclic amines) is 1. The molecule has 0 spiro atoms. The van der Waals surface area contributed by atoms with Crippen molar-refractivity contribution in [3.05, 3.63) is 35.4 Å². The van der Waals surface area contributed by atoms with Gasteiger partial charge >= 0.3 is 5.97 Å². The number of carbonyl (C=O) groups excluding carboxylic acids is 2. The zero-order chi connectivity index (χ0) is 19.6. The highest BCUT2D eigenvalue weighted by Crippen LogP contribution is 2.32. The van der Waals surface area contributed by atoms with E-state index >= 15 is 0 Å². The number of carbonyl (C=O) groups is 3. The molecule has 1 heterocycles. The Hall–Kier alpha value is -2.31. The first-order valence-corrected chi connectivity index (χ1v) is 9.37. The van der Waals surface area contributed by atoms with Crippen LogP contribution in [0.15, 0.2) is 18.2 Å². The van der Waals surface area contributed by atoms with Crippen LogP contribution in [-0.2, 0) is 9.59 Å². The lowest BCUT2D eigenvalue weighted by molar-refractivity contribution is -0.146. The van der Waals surface area contributed by atoms with Crippen molar-refractivity contribution in [1.82, 2.24) is 4.90 Å². The Morgan fingerprint density at radius 2 is 1.48 bits per heavy atom. The Labute approximate surface area is 156 Å². The van der Waals surface area contributed by atoms with Crippen LogP contribution < -0.4 is 0 Å². The number of nitrogens with zero attached hydrogens (tertiary/aromatic N) is 1. The van der Waals surface area contributed by atoms with Gasteiger partial charge in [-0.2, -0.15) is 0 Å². The molecule has 1 saturated heterocycles. The summed E-state index contributed by atoms with van der Waals surface area (Å²) in [4.78, 5) is 37.9. The van der Waals surface area contributed by atoms with Crippen LogP contribution in [0.2, 0.25) is 0 Å². The summed E-state index contributed by atoms with van der Waals surface area (Å²) in [5.41, 5.74) is -0.230. The van der Waals surface area contributed by atoms with Gasteiger partial charge in [-0.15, -0.1) is 0 Å². The van der Waals surface area contributed by atoms with Crippen LogP contribution in [0.25, 0.3) is 0 Å². The van der Waals surface area contributed by atoms with E-state index in [1.54, 1.807) is 4.90 Å². The third-order valence-corrected chi connectivity index (χ3v) is 5.80. The summed E-state index contributed by atoms with van der Waals surface area (Å²) in [6.07, 6.45) is 3.02. The lowest BCUT2D eigenvalue weighted by Gasteiger charge is -2.35. The highest BCUT2D eigenvalue weighted by atomic mass is 19.1. The number of piperidine rings is 1. The van der Waals surface area contributed by atoms with E-state index in [1.165, 1.54) is 0 Å². The molecule has 1 amide bonds. The maximum absolute atomic E-state index is 13.8. The van der Waals surface area contributed by atoms with E-state index in [0.717, 1.165) is 18.2 Å². The van der Waals surface area contributed by atoms with Crippen LogP contribution in [0.4, 0.5) is 8.78 Å². The van der Waals surface area contributed by atoms with Gasteiger partial charge in [0.05, 0.1) is 11.5 Å². The van der Waals surface area contributed by atoms with Crippen molar-refractivity contribution in [3.63, 3.8) is 0 Å². The topological polar surface area (TPSA) is 74.7 Å². The molecule has 27 heavy (non-hydrogen) atoms. The van der Waals surface area contributed by atoms with Crippen molar-refractivity contribution in [3.8, 4) is 0 Å². The minimum absolute atomic E-state index is 0.0154. The first kappa shape index (κ1) is 19.5. The van der Waals surface area contributed by atoms with Crippen molar-refractivity contribution in [1.29, 1.82) is 0 Å². The lowest BCUT2D eigenvalue weighted by Crippen LogP contribution is -2.44. The van der Waals surface area contributed by atoms with Crippen LogP contribution in [0.3, 0.4) is 0 Å². The molecule has 1 aliphatic heterocycles. The first-order valence-electron chi connectivity index (χ1n) is 9.37. The van der Waals surface area contributed by atoms with Crippen molar-refractivity contribution in [2.24, 2.45) is 17.8 Å². The molecule has 7 heteroatoms. The van der Waals surface area contributed by atoms with E-state index in [4.69, 9.17) is 5.11 Å². The molecular formula is C20H23F2NO4. The molecule has 1 saturated carbocycles. The van der Waals surface area contributed by atoms with Crippen LogP contribution in [0, 0.1) is 29.4 Å². The van der Waals surface area contributed by atoms with Crippen molar-refractivity contribution < 1.29 is 28.3 Å². The van der Waals surface area contributed by atoms with Crippen molar-refractivity contribution >= 4 is 17.7 Å². The molecule has 0 radical (unpaired) electrons. The Kier molecular flexibility index (Phi) is 5.87. The number of Topliss-reactive ketones (excluding diaryl/α,β-unsaturated/α-hetero) is 1. The van der Waals surface area contributed by atoms with E-state index in [-0.39, 0.29) is 23.3 Å². The fourth-order valence-electron chi connectivity index (χ4n) is 4.11. The zero-order valence-electron chi connectivity index (χ0n) is 15.0. The van der Waals surface area contributed by atoms with Gasteiger partial charge in [0.2, 0.25) is 5.91 Å². The predicted octanol–water partition coefficient (Wildman–Crippen LogP) is 3.28. The molecule has 0 aromatic heterocycles. The summed E-state index contributed by atoms with van der Waals surface area (Å²) in [7, 11) is 0. The number of aliphatic carboxylic acids is 1. The van der Waals surface area contributed by atoms with Gasteiger partial charge in [-0.25, -0.2) is 8.78 Å². The number of carboxylic acids is 1. The summed E-state index contributed by atoms with van der Waals surface area (Å²) in [6, 6.07) is 2.86. The minimum atomic E-state index is -0.801. The molecule has 0 unspecified atom stereocenters. The third-order valence-electron chi connectivity index (χ3n) is 5.80. The predicted molar refractivity (Wildman–Crippen MR) is 93.1 cm³/mol. The van der Waals surface area contributed by atoms with E-state index in [1.807, 2.05) is 0 Å². The van der Waals surface area contributed by atoms with E-state index in [9.17, 15) is 23.2 Å². The first-order chi connectivity index (χ1) is 12.9. The number of hydrogen-bond acceptors (Lipinski definition) is 3. The monoisotopic (exact) mass is 379 g/mol.